The number of pyridine rings is 2. The van der Waals surface area contributed by atoms with Crippen LogP contribution in [0.15, 0.2) is 55.6 Å². The molecule has 0 unspecified atom stereocenters. The van der Waals surface area contributed by atoms with Gasteiger partial charge in [0.05, 0.1) is 0 Å². The number of nitrogens with zero attached hydrogens (tertiary/aromatic N) is 6. The van der Waals surface area contributed by atoms with Crippen LogP contribution in [0.3, 0.4) is 0 Å². The first-order valence-electron chi connectivity index (χ1n) is 12.5. The van der Waals surface area contributed by atoms with Gasteiger partial charge in [0.2, 0.25) is 0 Å². The van der Waals surface area contributed by atoms with Gasteiger partial charge in [0.15, 0.2) is 0 Å². The fraction of sp³-hybridized carbons (Fsp3) is 0.462. The van der Waals surface area contributed by atoms with E-state index in [0.29, 0.717) is 0 Å². The summed E-state index contributed by atoms with van der Waals surface area (Å²) in [6.45, 7) is 7.01. The van der Waals surface area contributed by atoms with E-state index in [1.807, 2.05) is 18.5 Å². The number of aromatic nitrogens is 6. The van der Waals surface area contributed by atoms with Crippen LogP contribution in [0.25, 0.3) is 22.6 Å². The van der Waals surface area contributed by atoms with Crippen molar-refractivity contribution in [1.82, 2.24) is 29.1 Å². The Hall–Kier alpha value is -2.22. The zero-order valence-electron chi connectivity index (χ0n) is 20.2. The fourth-order valence-corrected chi connectivity index (χ4v) is 20.8. The third kappa shape index (κ3) is 5.31. The second-order valence-corrected chi connectivity index (χ2v) is 22.4. The molecule has 7 heteroatoms. The first kappa shape index (κ1) is 23.9. The predicted octanol–water partition coefficient (Wildman–Crippen LogP) is 6.03. The Balaban J connectivity index is 1.80. The van der Waals surface area contributed by atoms with Gasteiger partial charge in [0, 0.05) is 0 Å². The van der Waals surface area contributed by atoms with Gasteiger partial charge in [0.25, 0.3) is 0 Å². The minimum atomic E-state index is -2.58. The summed E-state index contributed by atoms with van der Waals surface area (Å²) in [5.74, 6) is 0.772. The molecule has 0 aliphatic heterocycles. The van der Waals surface area contributed by atoms with Crippen LogP contribution in [-0.2, 0) is 0 Å². The van der Waals surface area contributed by atoms with Crippen molar-refractivity contribution in [3.8, 4) is 16.9 Å². The molecule has 0 amide bonds. The van der Waals surface area contributed by atoms with Crippen LogP contribution in [0.5, 0.6) is 0 Å². The molecular formula is C26H36N6Sn. The quantitative estimate of drug-likeness (QED) is 0.202. The molecule has 0 aliphatic carbocycles. The number of fused-ring (bicyclic) bond motifs is 1. The Kier molecular flexibility index (Phi) is 8.17. The molecule has 33 heavy (non-hydrogen) atoms. The van der Waals surface area contributed by atoms with Gasteiger partial charge in [-0.3, -0.25) is 0 Å². The second-order valence-electron chi connectivity index (χ2n) is 9.14. The molecule has 4 aromatic heterocycles. The van der Waals surface area contributed by atoms with E-state index in [9.17, 15) is 0 Å². The second kappa shape index (κ2) is 11.3. The summed E-state index contributed by atoms with van der Waals surface area (Å²) in [7, 11) is 0. The van der Waals surface area contributed by atoms with Crippen LogP contribution in [0.4, 0.5) is 0 Å². The van der Waals surface area contributed by atoms with Crippen LogP contribution >= 0.6 is 0 Å². The normalized spacial score (nSPS) is 12.0. The number of imidazole rings is 1. The number of unbranched alkanes of at least 4 members (excludes halogenated alkanes) is 3. The van der Waals surface area contributed by atoms with Gasteiger partial charge in [-0.1, -0.05) is 0 Å². The van der Waals surface area contributed by atoms with Gasteiger partial charge in [-0.2, -0.15) is 0 Å². The maximum atomic E-state index is 4.71. The molecule has 4 aromatic rings. The molecule has 0 spiro atoms. The van der Waals surface area contributed by atoms with Crippen molar-refractivity contribution >= 4 is 27.6 Å². The van der Waals surface area contributed by atoms with E-state index in [1.165, 1.54) is 63.7 Å². The van der Waals surface area contributed by atoms with Crippen molar-refractivity contribution in [3.63, 3.8) is 0 Å². The zero-order chi connectivity index (χ0) is 23.1. The summed E-state index contributed by atoms with van der Waals surface area (Å²) in [6, 6.07) is 6.64. The number of hydrogen-bond donors (Lipinski definition) is 0. The van der Waals surface area contributed by atoms with Crippen molar-refractivity contribution in [2.75, 3.05) is 0 Å². The van der Waals surface area contributed by atoms with Crippen LogP contribution in [-0.4, -0.2) is 47.5 Å². The van der Waals surface area contributed by atoms with Gasteiger partial charge in [-0.25, -0.2) is 0 Å². The van der Waals surface area contributed by atoms with E-state index in [2.05, 4.69) is 64.8 Å². The summed E-state index contributed by atoms with van der Waals surface area (Å²) >= 11 is -2.58. The standard InChI is InChI=1S/C14H9N6.3C4H9.Sn/c1-2-12(14-16-5-7-19(14)6-1)11-3-4-13(17-8-11)20-10-15-9-18-20;3*1-3-4-2;/h2-10H;3*1,3-4H2,2H3;. The van der Waals surface area contributed by atoms with Gasteiger partial charge >= 0.3 is 202 Å². The SMILES string of the molecule is CCC[CH2][Sn]([CH2]CCC)([CH2]CCC)[c]1cc(-c2ccc(-n3cncn3)nc2)c2nccn2c1. The molecule has 0 aromatic carbocycles. The Morgan fingerprint density at radius 2 is 1.64 bits per heavy atom. The molecule has 6 nitrogen and oxygen atoms in total. The van der Waals surface area contributed by atoms with Crippen molar-refractivity contribution in [1.29, 1.82) is 0 Å². The molecule has 0 atom stereocenters. The molecule has 0 saturated heterocycles. The third-order valence-electron chi connectivity index (χ3n) is 6.84. The molecule has 4 rings (SSSR count). The first-order chi connectivity index (χ1) is 16.2. The van der Waals surface area contributed by atoms with Crippen molar-refractivity contribution in [2.45, 2.75) is 72.6 Å². The molecule has 0 fully saturated rings. The van der Waals surface area contributed by atoms with Gasteiger partial charge in [-0.05, 0) is 0 Å². The Morgan fingerprint density at radius 3 is 2.21 bits per heavy atom. The average Bonchev–Trinajstić information content (AvgIpc) is 3.56. The average molecular weight is 551 g/mol. The van der Waals surface area contributed by atoms with Crippen molar-refractivity contribution in [3.05, 3.63) is 55.6 Å². The molecule has 0 aliphatic rings. The van der Waals surface area contributed by atoms with Crippen LogP contribution in [0.2, 0.25) is 13.3 Å². The third-order valence-corrected chi connectivity index (χ3v) is 22.3. The van der Waals surface area contributed by atoms with Crippen molar-refractivity contribution < 1.29 is 0 Å². The van der Waals surface area contributed by atoms with Crippen LogP contribution in [0, 0.1) is 0 Å². The van der Waals surface area contributed by atoms with E-state index in [-0.39, 0.29) is 0 Å². The Bertz CT molecular complexity index is 1110. The zero-order valence-corrected chi connectivity index (χ0v) is 23.1. The Labute approximate surface area is 201 Å². The summed E-state index contributed by atoms with van der Waals surface area (Å²) in [5.41, 5.74) is 3.31. The number of hydrogen-bond acceptors (Lipinski definition) is 4. The van der Waals surface area contributed by atoms with Gasteiger partial charge in [0.1, 0.15) is 0 Å². The van der Waals surface area contributed by atoms with Crippen molar-refractivity contribution in [2.24, 2.45) is 0 Å². The fourth-order valence-electron chi connectivity index (χ4n) is 4.90. The van der Waals surface area contributed by atoms with E-state index in [1.54, 1.807) is 14.6 Å². The first-order valence-corrected chi connectivity index (χ1v) is 20.0. The van der Waals surface area contributed by atoms with Crippen LogP contribution in [0.1, 0.15) is 59.3 Å². The van der Waals surface area contributed by atoms with Crippen LogP contribution < -0.4 is 3.58 Å². The molecule has 4 heterocycles. The number of rotatable bonds is 12. The minimum absolute atomic E-state index is 0.772. The summed E-state index contributed by atoms with van der Waals surface area (Å²) in [5, 5.41) is 4.20. The maximum absolute atomic E-state index is 4.71. The van der Waals surface area contributed by atoms with E-state index >= 15 is 0 Å². The van der Waals surface area contributed by atoms with E-state index in [0.717, 1.165) is 17.0 Å². The Morgan fingerprint density at radius 1 is 0.909 bits per heavy atom. The predicted molar refractivity (Wildman–Crippen MR) is 138 cm³/mol. The molecular weight excluding hydrogens is 515 g/mol. The molecule has 0 saturated carbocycles. The topological polar surface area (TPSA) is 60.9 Å². The molecule has 0 N–H and O–H groups in total. The monoisotopic (exact) mass is 552 g/mol. The molecule has 0 bridgehead atoms. The summed E-state index contributed by atoms with van der Waals surface area (Å²) in [6.07, 6.45) is 19.5. The molecule has 0 radical (unpaired) electrons. The van der Waals surface area contributed by atoms with E-state index < -0.39 is 18.4 Å². The van der Waals surface area contributed by atoms with Gasteiger partial charge in [-0.15, -0.1) is 0 Å². The van der Waals surface area contributed by atoms with Gasteiger partial charge < -0.3 is 0 Å². The summed E-state index contributed by atoms with van der Waals surface area (Å²) < 4.78 is 9.95. The summed E-state index contributed by atoms with van der Waals surface area (Å²) in [4.78, 5) is 13.4. The van der Waals surface area contributed by atoms with E-state index in [4.69, 9.17) is 4.98 Å². The molecule has 174 valence electrons.